The van der Waals surface area contributed by atoms with Crippen molar-refractivity contribution in [3.05, 3.63) is 65.2 Å². The molecule has 1 aliphatic rings. The van der Waals surface area contributed by atoms with Crippen LogP contribution in [0.2, 0.25) is 0 Å². The number of hydrogen-bond donors (Lipinski definition) is 0. The molecule has 2 aromatic carbocycles. The van der Waals surface area contributed by atoms with Crippen LogP contribution in [0.4, 0.5) is 5.82 Å². The highest BCUT2D eigenvalue weighted by Gasteiger charge is 2.24. The van der Waals surface area contributed by atoms with Crippen molar-refractivity contribution < 1.29 is 14.3 Å². The Bertz CT molecular complexity index is 1110. The molecule has 0 unspecified atom stereocenters. The van der Waals surface area contributed by atoms with Crippen molar-refractivity contribution in [1.82, 2.24) is 15.1 Å². The van der Waals surface area contributed by atoms with Gasteiger partial charge in [0.05, 0.1) is 19.9 Å². The van der Waals surface area contributed by atoms with E-state index in [2.05, 4.69) is 47.1 Å². The van der Waals surface area contributed by atoms with Gasteiger partial charge in [-0.05, 0) is 49.7 Å². The van der Waals surface area contributed by atoms with Crippen molar-refractivity contribution in [2.45, 2.75) is 13.8 Å². The van der Waals surface area contributed by atoms with Crippen LogP contribution in [0.25, 0.3) is 11.3 Å². The highest BCUT2D eigenvalue weighted by Crippen LogP contribution is 2.28. The lowest BCUT2D eigenvalue weighted by Crippen LogP contribution is -2.49. The minimum Gasteiger partial charge on any atom is -0.493 e. The summed E-state index contributed by atoms with van der Waals surface area (Å²) >= 11 is 0. The topological polar surface area (TPSA) is 67.8 Å². The first-order chi connectivity index (χ1) is 15.5. The number of piperazine rings is 1. The first-order valence-electron chi connectivity index (χ1n) is 10.7. The van der Waals surface area contributed by atoms with Crippen LogP contribution in [0.3, 0.4) is 0 Å². The SMILES string of the molecule is COc1ccc(C(=O)N2CCN(c3ccc(-c4ccc(C)cc4C)nn3)CC2)cc1OC. The molecule has 0 spiro atoms. The molecule has 1 saturated heterocycles. The van der Waals surface area contributed by atoms with E-state index in [4.69, 9.17) is 9.47 Å². The lowest BCUT2D eigenvalue weighted by atomic mass is 10.0. The van der Waals surface area contributed by atoms with E-state index in [-0.39, 0.29) is 5.91 Å². The summed E-state index contributed by atoms with van der Waals surface area (Å²) in [6, 6.07) is 15.6. The Morgan fingerprint density at radius 3 is 2.22 bits per heavy atom. The first kappa shape index (κ1) is 21.6. The van der Waals surface area contributed by atoms with Crippen molar-refractivity contribution >= 4 is 11.7 Å². The highest BCUT2D eigenvalue weighted by atomic mass is 16.5. The van der Waals surface area contributed by atoms with Crippen LogP contribution in [0.5, 0.6) is 11.5 Å². The summed E-state index contributed by atoms with van der Waals surface area (Å²) in [7, 11) is 3.15. The number of methoxy groups -OCH3 is 2. The molecular weight excluding hydrogens is 404 g/mol. The van der Waals surface area contributed by atoms with Gasteiger partial charge in [-0.25, -0.2) is 0 Å². The zero-order chi connectivity index (χ0) is 22.7. The molecule has 4 rings (SSSR count). The van der Waals surface area contributed by atoms with E-state index in [1.807, 2.05) is 17.0 Å². The van der Waals surface area contributed by atoms with Gasteiger partial charge in [0.1, 0.15) is 0 Å². The number of amides is 1. The third-order valence-corrected chi connectivity index (χ3v) is 5.83. The van der Waals surface area contributed by atoms with Gasteiger partial charge in [0, 0.05) is 37.3 Å². The lowest BCUT2D eigenvalue weighted by Gasteiger charge is -2.35. The van der Waals surface area contributed by atoms with E-state index in [0.717, 1.165) is 17.1 Å². The number of hydrogen-bond acceptors (Lipinski definition) is 6. The van der Waals surface area contributed by atoms with Crippen molar-refractivity contribution in [2.75, 3.05) is 45.3 Å². The summed E-state index contributed by atoms with van der Waals surface area (Å²) in [5.74, 6) is 1.98. The molecule has 166 valence electrons. The normalized spacial score (nSPS) is 13.8. The largest absolute Gasteiger partial charge is 0.493 e. The van der Waals surface area contributed by atoms with Crippen LogP contribution < -0.4 is 14.4 Å². The number of rotatable bonds is 5. The summed E-state index contributed by atoms with van der Waals surface area (Å²) in [6.45, 7) is 6.82. The summed E-state index contributed by atoms with van der Waals surface area (Å²) in [4.78, 5) is 17.0. The molecule has 1 aliphatic heterocycles. The second-order valence-corrected chi connectivity index (χ2v) is 7.94. The maximum atomic E-state index is 13.0. The molecule has 0 N–H and O–H groups in total. The molecule has 0 aliphatic carbocycles. The second kappa shape index (κ2) is 9.26. The first-order valence-corrected chi connectivity index (χ1v) is 10.7. The number of anilines is 1. The van der Waals surface area contributed by atoms with Gasteiger partial charge in [0.25, 0.3) is 5.91 Å². The third kappa shape index (κ3) is 4.37. The molecule has 0 bridgehead atoms. The van der Waals surface area contributed by atoms with Gasteiger partial charge in [-0.1, -0.05) is 23.8 Å². The summed E-state index contributed by atoms with van der Waals surface area (Å²) in [5.41, 5.74) is 4.98. The van der Waals surface area contributed by atoms with E-state index in [1.54, 1.807) is 32.4 Å². The van der Waals surface area contributed by atoms with Gasteiger partial charge in [-0.2, -0.15) is 0 Å². The molecule has 2 heterocycles. The van der Waals surface area contributed by atoms with E-state index in [1.165, 1.54) is 11.1 Å². The predicted molar refractivity (Wildman–Crippen MR) is 125 cm³/mol. The standard InChI is InChI=1S/C25H28N4O3/c1-17-5-7-20(18(2)15-17)21-8-10-24(27-26-21)28-11-13-29(14-12-28)25(30)19-6-9-22(31-3)23(16-19)32-4/h5-10,15-16H,11-14H2,1-4H3. The van der Waals surface area contributed by atoms with E-state index >= 15 is 0 Å². The van der Waals surface area contributed by atoms with Crippen LogP contribution in [0.1, 0.15) is 21.5 Å². The summed E-state index contributed by atoms with van der Waals surface area (Å²) < 4.78 is 10.6. The minimum absolute atomic E-state index is 0.0121. The molecule has 0 radical (unpaired) electrons. The maximum absolute atomic E-state index is 13.0. The van der Waals surface area contributed by atoms with E-state index < -0.39 is 0 Å². The minimum atomic E-state index is -0.0121. The Morgan fingerprint density at radius 2 is 1.59 bits per heavy atom. The third-order valence-electron chi connectivity index (χ3n) is 5.83. The highest BCUT2D eigenvalue weighted by molar-refractivity contribution is 5.95. The summed E-state index contributed by atoms with van der Waals surface area (Å²) in [6.07, 6.45) is 0. The fraction of sp³-hybridized carbons (Fsp3) is 0.320. The molecular formula is C25H28N4O3. The van der Waals surface area contributed by atoms with Gasteiger partial charge < -0.3 is 19.3 Å². The van der Waals surface area contributed by atoms with Crippen LogP contribution in [-0.4, -0.2) is 61.4 Å². The molecule has 3 aromatic rings. The molecule has 1 fully saturated rings. The average molecular weight is 433 g/mol. The van der Waals surface area contributed by atoms with Crippen LogP contribution in [0, 0.1) is 13.8 Å². The van der Waals surface area contributed by atoms with Gasteiger partial charge in [0.15, 0.2) is 17.3 Å². The number of aryl methyl sites for hydroxylation is 2. The number of benzene rings is 2. The zero-order valence-corrected chi connectivity index (χ0v) is 19.0. The molecule has 7 heteroatoms. The van der Waals surface area contributed by atoms with Crippen molar-refractivity contribution in [3.8, 4) is 22.8 Å². The molecule has 1 aromatic heterocycles. The van der Waals surface area contributed by atoms with Gasteiger partial charge >= 0.3 is 0 Å². The fourth-order valence-corrected chi connectivity index (χ4v) is 4.03. The number of ether oxygens (including phenoxy) is 2. The molecule has 0 atom stereocenters. The fourth-order valence-electron chi connectivity index (χ4n) is 4.03. The monoisotopic (exact) mass is 432 g/mol. The van der Waals surface area contributed by atoms with Crippen LogP contribution >= 0.6 is 0 Å². The van der Waals surface area contributed by atoms with Crippen molar-refractivity contribution in [2.24, 2.45) is 0 Å². The smallest absolute Gasteiger partial charge is 0.254 e. The number of nitrogens with zero attached hydrogens (tertiary/aromatic N) is 4. The maximum Gasteiger partial charge on any atom is 0.254 e. The van der Waals surface area contributed by atoms with E-state index in [0.29, 0.717) is 43.2 Å². The number of carbonyl (C=O) groups is 1. The van der Waals surface area contributed by atoms with E-state index in [9.17, 15) is 4.79 Å². The van der Waals surface area contributed by atoms with Gasteiger partial charge in [-0.3, -0.25) is 4.79 Å². The Hall–Kier alpha value is -3.61. The molecule has 1 amide bonds. The zero-order valence-electron chi connectivity index (χ0n) is 19.0. The molecule has 7 nitrogen and oxygen atoms in total. The van der Waals surface area contributed by atoms with Gasteiger partial charge in [-0.15, -0.1) is 10.2 Å². The quantitative estimate of drug-likeness (QED) is 0.612. The Balaban J connectivity index is 1.41. The number of aromatic nitrogens is 2. The molecule has 32 heavy (non-hydrogen) atoms. The Morgan fingerprint density at radius 1 is 0.844 bits per heavy atom. The average Bonchev–Trinajstić information content (AvgIpc) is 2.83. The van der Waals surface area contributed by atoms with Gasteiger partial charge in [0.2, 0.25) is 0 Å². The molecule has 0 saturated carbocycles. The Kier molecular flexibility index (Phi) is 6.25. The summed E-state index contributed by atoms with van der Waals surface area (Å²) in [5, 5.41) is 8.91. The second-order valence-electron chi connectivity index (χ2n) is 7.94. The van der Waals surface area contributed by atoms with Crippen molar-refractivity contribution in [1.29, 1.82) is 0 Å². The lowest BCUT2D eigenvalue weighted by molar-refractivity contribution is 0.0746. The van der Waals surface area contributed by atoms with Crippen molar-refractivity contribution in [3.63, 3.8) is 0 Å². The predicted octanol–water partition coefficient (Wildman–Crippen LogP) is 3.74. The number of carbonyl (C=O) groups excluding carboxylic acids is 1. The van der Waals surface area contributed by atoms with Crippen LogP contribution in [-0.2, 0) is 0 Å². The Labute approximate surface area is 188 Å². The van der Waals surface area contributed by atoms with Crippen LogP contribution in [0.15, 0.2) is 48.5 Å².